The number of benzene rings is 1. The SMILES string of the molecule is COC(C)C(Cn1cncn1)c1ccc(F)cc1F. The Morgan fingerprint density at radius 2 is 2.16 bits per heavy atom. The van der Waals surface area contributed by atoms with E-state index >= 15 is 0 Å². The van der Waals surface area contributed by atoms with Crippen molar-refractivity contribution < 1.29 is 13.5 Å². The van der Waals surface area contributed by atoms with E-state index in [4.69, 9.17) is 4.74 Å². The minimum absolute atomic E-state index is 0.232. The summed E-state index contributed by atoms with van der Waals surface area (Å²) in [5.74, 6) is -1.44. The average Bonchev–Trinajstić information content (AvgIpc) is 2.89. The first-order chi connectivity index (χ1) is 9.11. The monoisotopic (exact) mass is 267 g/mol. The number of hydrogen-bond acceptors (Lipinski definition) is 3. The van der Waals surface area contributed by atoms with Crippen molar-refractivity contribution in [3.8, 4) is 0 Å². The Morgan fingerprint density at radius 1 is 1.37 bits per heavy atom. The smallest absolute Gasteiger partial charge is 0.137 e. The second-order valence-corrected chi connectivity index (χ2v) is 4.33. The van der Waals surface area contributed by atoms with Crippen LogP contribution in [0.3, 0.4) is 0 Å². The van der Waals surface area contributed by atoms with E-state index in [0.29, 0.717) is 12.1 Å². The molecular formula is C13H15F2N3O. The molecule has 0 saturated heterocycles. The summed E-state index contributed by atoms with van der Waals surface area (Å²) in [6, 6.07) is 3.57. The number of nitrogens with zero attached hydrogens (tertiary/aromatic N) is 3. The molecular weight excluding hydrogens is 252 g/mol. The van der Waals surface area contributed by atoms with Crippen LogP contribution in [0.5, 0.6) is 0 Å². The molecule has 0 fully saturated rings. The highest BCUT2D eigenvalue weighted by molar-refractivity contribution is 5.23. The van der Waals surface area contributed by atoms with E-state index in [1.165, 1.54) is 18.5 Å². The topological polar surface area (TPSA) is 39.9 Å². The third-order valence-electron chi connectivity index (χ3n) is 3.15. The van der Waals surface area contributed by atoms with Gasteiger partial charge in [-0.05, 0) is 18.6 Å². The van der Waals surface area contributed by atoms with Gasteiger partial charge in [0.1, 0.15) is 24.3 Å². The van der Waals surface area contributed by atoms with E-state index in [2.05, 4.69) is 10.1 Å². The van der Waals surface area contributed by atoms with Crippen LogP contribution in [0.25, 0.3) is 0 Å². The van der Waals surface area contributed by atoms with Gasteiger partial charge in [0.15, 0.2) is 0 Å². The Balaban J connectivity index is 2.31. The maximum absolute atomic E-state index is 13.9. The molecule has 0 aliphatic heterocycles. The summed E-state index contributed by atoms with van der Waals surface area (Å²) >= 11 is 0. The number of methoxy groups -OCH3 is 1. The first-order valence-corrected chi connectivity index (χ1v) is 5.92. The zero-order valence-corrected chi connectivity index (χ0v) is 10.8. The standard InChI is InChI=1S/C13H15F2N3O/c1-9(19-2)12(6-18-8-16-7-17-18)11-4-3-10(14)5-13(11)15/h3-5,7-9,12H,6H2,1-2H3. The van der Waals surface area contributed by atoms with Crippen molar-refractivity contribution in [3.63, 3.8) is 0 Å². The zero-order chi connectivity index (χ0) is 13.8. The zero-order valence-electron chi connectivity index (χ0n) is 10.8. The molecule has 2 rings (SSSR count). The van der Waals surface area contributed by atoms with E-state index in [9.17, 15) is 8.78 Å². The molecule has 0 amide bonds. The highest BCUT2D eigenvalue weighted by Gasteiger charge is 2.23. The minimum atomic E-state index is -0.592. The van der Waals surface area contributed by atoms with Crippen molar-refractivity contribution >= 4 is 0 Å². The van der Waals surface area contributed by atoms with Crippen molar-refractivity contribution in [2.45, 2.75) is 25.5 Å². The van der Waals surface area contributed by atoms with Crippen LogP contribution in [0.15, 0.2) is 30.9 Å². The predicted molar refractivity (Wildman–Crippen MR) is 65.6 cm³/mol. The van der Waals surface area contributed by atoms with Gasteiger partial charge in [-0.2, -0.15) is 5.10 Å². The average molecular weight is 267 g/mol. The molecule has 2 atom stereocenters. The largest absolute Gasteiger partial charge is 0.381 e. The number of aromatic nitrogens is 3. The highest BCUT2D eigenvalue weighted by Crippen LogP contribution is 2.26. The van der Waals surface area contributed by atoms with Gasteiger partial charge in [0.2, 0.25) is 0 Å². The molecule has 4 nitrogen and oxygen atoms in total. The maximum atomic E-state index is 13.9. The Hall–Kier alpha value is -1.82. The van der Waals surface area contributed by atoms with Crippen LogP contribution < -0.4 is 0 Å². The van der Waals surface area contributed by atoms with Crippen molar-refractivity contribution in [2.75, 3.05) is 7.11 Å². The van der Waals surface area contributed by atoms with Crippen LogP contribution in [0, 0.1) is 11.6 Å². The number of rotatable bonds is 5. The van der Waals surface area contributed by atoms with Crippen LogP contribution in [0.1, 0.15) is 18.4 Å². The molecule has 0 aliphatic rings. The molecule has 19 heavy (non-hydrogen) atoms. The van der Waals surface area contributed by atoms with Gasteiger partial charge in [0, 0.05) is 19.1 Å². The molecule has 2 unspecified atom stereocenters. The molecule has 0 bridgehead atoms. The summed E-state index contributed by atoms with van der Waals surface area (Å²) in [7, 11) is 1.56. The van der Waals surface area contributed by atoms with Crippen molar-refractivity contribution in [2.24, 2.45) is 0 Å². The van der Waals surface area contributed by atoms with Crippen molar-refractivity contribution in [1.29, 1.82) is 0 Å². The molecule has 1 heterocycles. The quantitative estimate of drug-likeness (QED) is 0.835. The molecule has 2 aromatic rings. The first kappa shape index (κ1) is 13.6. The predicted octanol–water partition coefficient (Wildman–Crippen LogP) is 2.38. The maximum Gasteiger partial charge on any atom is 0.137 e. The van der Waals surface area contributed by atoms with Crippen LogP contribution in [-0.4, -0.2) is 28.0 Å². The van der Waals surface area contributed by atoms with Gasteiger partial charge in [-0.15, -0.1) is 0 Å². The number of ether oxygens (including phenoxy) is 1. The number of hydrogen-bond donors (Lipinski definition) is 0. The summed E-state index contributed by atoms with van der Waals surface area (Å²) in [4.78, 5) is 3.85. The van der Waals surface area contributed by atoms with E-state index in [1.54, 1.807) is 18.1 Å². The van der Waals surface area contributed by atoms with Crippen LogP contribution in [0.4, 0.5) is 8.78 Å². The fourth-order valence-electron chi connectivity index (χ4n) is 1.99. The van der Waals surface area contributed by atoms with Gasteiger partial charge in [-0.3, -0.25) is 4.68 Å². The second kappa shape index (κ2) is 5.88. The Labute approximate surface area is 110 Å². The van der Waals surface area contributed by atoms with Gasteiger partial charge in [-0.1, -0.05) is 6.07 Å². The lowest BCUT2D eigenvalue weighted by molar-refractivity contribution is 0.0858. The summed E-state index contributed by atoms with van der Waals surface area (Å²) < 4.78 is 33.7. The highest BCUT2D eigenvalue weighted by atomic mass is 19.1. The summed E-state index contributed by atoms with van der Waals surface area (Å²) in [5.41, 5.74) is 0.409. The summed E-state index contributed by atoms with van der Waals surface area (Å²) in [6.45, 7) is 2.25. The van der Waals surface area contributed by atoms with E-state index in [1.807, 2.05) is 6.92 Å². The second-order valence-electron chi connectivity index (χ2n) is 4.33. The lowest BCUT2D eigenvalue weighted by atomic mass is 9.93. The van der Waals surface area contributed by atoms with Gasteiger partial charge in [0.25, 0.3) is 0 Å². The van der Waals surface area contributed by atoms with Gasteiger partial charge >= 0.3 is 0 Å². The van der Waals surface area contributed by atoms with E-state index in [0.717, 1.165) is 6.07 Å². The Kier molecular flexibility index (Phi) is 4.21. The lowest BCUT2D eigenvalue weighted by Crippen LogP contribution is -2.23. The molecule has 0 saturated carbocycles. The molecule has 0 N–H and O–H groups in total. The fraction of sp³-hybridized carbons (Fsp3) is 0.385. The van der Waals surface area contributed by atoms with Gasteiger partial charge in [-0.25, -0.2) is 13.8 Å². The Bertz CT molecular complexity index is 531. The molecule has 0 radical (unpaired) electrons. The number of halogens is 2. The molecule has 6 heteroatoms. The fourth-order valence-corrected chi connectivity index (χ4v) is 1.99. The van der Waals surface area contributed by atoms with Crippen molar-refractivity contribution in [1.82, 2.24) is 14.8 Å². The summed E-state index contributed by atoms with van der Waals surface area (Å²) in [5, 5.41) is 4.00. The van der Waals surface area contributed by atoms with Crippen molar-refractivity contribution in [3.05, 3.63) is 48.1 Å². The molecule has 1 aromatic heterocycles. The Morgan fingerprint density at radius 3 is 2.74 bits per heavy atom. The normalized spacial score (nSPS) is 14.3. The minimum Gasteiger partial charge on any atom is -0.381 e. The molecule has 0 spiro atoms. The first-order valence-electron chi connectivity index (χ1n) is 5.92. The lowest BCUT2D eigenvalue weighted by Gasteiger charge is -2.23. The van der Waals surface area contributed by atoms with E-state index < -0.39 is 11.6 Å². The van der Waals surface area contributed by atoms with Gasteiger partial charge in [0.05, 0.1) is 12.6 Å². The van der Waals surface area contributed by atoms with Crippen LogP contribution in [-0.2, 0) is 11.3 Å². The van der Waals surface area contributed by atoms with Crippen LogP contribution in [0.2, 0.25) is 0 Å². The van der Waals surface area contributed by atoms with E-state index in [-0.39, 0.29) is 12.0 Å². The summed E-state index contributed by atoms with van der Waals surface area (Å²) in [6.07, 6.45) is 2.73. The molecule has 102 valence electrons. The third kappa shape index (κ3) is 3.14. The van der Waals surface area contributed by atoms with Crippen LogP contribution >= 0.6 is 0 Å². The molecule has 1 aromatic carbocycles. The third-order valence-corrected chi connectivity index (χ3v) is 3.15. The van der Waals surface area contributed by atoms with Gasteiger partial charge < -0.3 is 4.74 Å². The molecule has 0 aliphatic carbocycles.